The first-order valence-electron chi connectivity index (χ1n) is 5.87. The van der Waals surface area contributed by atoms with Gasteiger partial charge in [0.25, 0.3) is 0 Å². The predicted molar refractivity (Wildman–Crippen MR) is 82.2 cm³/mol. The van der Waals surface area contributed by atoms with Crippen molar-refractivity contribution in [2.24, 2.45) is 0 Å². The standard InChI is InChI=1S/C14H14BrNO2S/c1-9(7-10-5-6-19-8-10)16-12-4-2-3-11(15)13(12)14(17)18/h2-6,8-9,16H,7H2,1H3,(H,17,18). The van der Waals surface area contributed by atoms with Crippen molar-refractivity contribution in [1.82, 2.24) is 0 Å². The molecule has 1 unspecified atom stereocenters. The van der Waals surface area contributed by atoms with E-state index in [4.69, 9.17) is 0 Å². The molecule has 1 heterocycles. The number of carbonyl (C=O) groups is 1. The molecule has 0 aliphatic carbocycles. The second-order valence-electron chi connectivity index (χ2n) is 4.35. The van der Waals surface area contributed by atoms with Crippen LogP contribution in [0.3, 0.4) is 0 Å². The first kappa shape index (κ1) is 14.1. The van der Waals surface area contributed by atoms with Crippen molar-refractivity contribution >= 4 is 38.9 Å². The van der Waals surface area contributed by atoms with Crippen molar-refractivity contribution in [3.63, 3.8) is 0 Å². The number of thiophene rings is 1. The molecule has 5 heteroatoms. The highest BCUT2D eigenvalue weighted by Gasteiger charge is 2.15. The molecule has 1 atom stereocenters. The van der Waals surface area contributed by atoms with Gasteiger partial charge in [0.2, 0.25) is 0 Å². The number of nitrogens with one attached hydrogen (secondary N) is 1. The van der Waals surface area contributed by atoms with Gasteiger partial charge in [-0.1, -0.05) is 6.07 Å². The van der Waals surface area contributed by atoms with Crippen molar-refractivity contribution in [3.8, 4) is 0 Å². The molecule has 100 valence electrons. The van der Waals surface area contributed by atoms with E-state index in [-0.39, 0.29) is 11.6 Å². The molecule has 2 N–H and O–H groups in total. The molecule has 0 amide bonds. The summed E-state index contributed by atoms with van der Waals surface area (Å²) in [4.78, 5) is 11.3. The highest BCUT2D eigenvalue weighted by molar-refractivity contribution is 9.10. The number of anilines is 1. The minimum Gasteiger partial charge on any atom is -0.478 e. The van der Waals surface area contributed by atoms with Crippen LogP contribution in [-0.2, 0) is 6.42 Å². The number of hydrogen-bond acceptors (Lipinski definition) is 3. The van der Waals surface area contributed by atoms with Crippen LogP contribution in [0, 0.1) is 0 Å². The Morgan fingerprint density at radius 2 is 2.26 bits per heavy atom. The van der Waals surface area contributed by atoms with Gasteiger partial charge in [-0.2, -0.15) is 11.3 Å². The van der Waals surface area contributed by atoms with Crippen molar-refractivity contribution < 1.29 is 9.90 Å². The molecule has 0 saturated carbocycles. The summed E-state index contributed by atoms with van der Waals surface area (Å²) >= 11 is 4.95. The van der Waals surface area contributed by atoms with E-state index in [1.54, 1.807) is 23.5 Å². The van der Waals surface area contributed by atoms with Crippen molar-refractivity contribution in [2.45, 2.75) is 19.4 Å². The zero-order chi connectivity index (χ0) is 13.8. The van der Waals surface area contributed by atoms with Gasteiger partial charge in [0.15, 0.2) is 0 Å². The van der Waals surface area contributed by atoms with Gasteiger partial charge in [-0.3, -0.25) is 0 Å². The number of aromatic carboxylic acids is 1. The van der Waals surface area contributed by atoms with Gasteiger partial charge in [0.05, 0.1) is 11.3 Å². The highest BCUT2D eigenvalue weighted by Crippen LogP contribution is 2.25. The molecule has 0 radical (unpaired) electrons. The Labute approximate surface area is 124 Å². The van der Waals surface area contributed by atoms with Gasteiger partial charge in [0.1, 0.15) is 0 Å². The Balaban J connectivity index is 2.14. The van der Waals surface area contributed by atoms with Crippen LogP contribution < -0.4 is 5.32 Å². The van der Waals surface area contributed by atoms with Gasteiger partial charge in [-0.05, 0) is 63.8 Å². The van der Waals surface area contributed by atoms with E-state index in [2.05, 4.69) is 32.7 Å². The lowest BCUT2D eigenvalue weighted by molar-refractivity contribution is 0.0697. The second-order valence-corrected chi connectivity index (χ2v) is 5.98. The molecule has 19 heavy (non-hydrogen) atoms. The SMILES string of the molecule is CC(Cc1ccsc1)Nc1cccc(Br)c1C(=O)O. The summed E-state index contributed by atoms with van der Waals surface area (Å²) in [6.45, 7) is 2.05. The number of benzene rings is 1. The van der Waals surface area contributed by atoms with Crippen LogP contribution in [0.5, 0.6) is 0 Å². The molecule has 2 rings (SSSR count). The third-order valence-electron chi connectivity index (χ3n) is 2.75. The highest BCUT2D eigenvalue weighted by atomic mass is 79.9. The molecular weight excluding hydrogens is 326 g/mol. The molecular formula is C14H14BrNO2S. The Morgan fingerprint density at radius 1 is 1.47 bits per heavy atom. The van der Waals surface area contributed by atoms with E-state index in [0.717, 1.165) is 6.42 Å². The van der Waals surface area contributed by atoms with Gasteiger partial charge in [-0.15, -0.1) is 0 Å². The smallest absolute Gasteiger partial charge is 0.338 e. The fourth-order valence-corrected chi connectivity index (χ4v) is 3.16. The van der Waals surface area contributed by atoms with Gasteiger partial charge >= 0.3 is 5.97 Å². The maximum absolute atomic E-state index is 11.3. The number of carboxylic acids is 1. The molecule has 0 spiro atoms. The summed E-state index contributed by atoms with van der Waals surface area (Å²) in [7, 11) is 0. The summed E-state index contributed by atoms with van der Waals surface area (Å²) in [6.07, 6.45) is 0.870. The van der Waals surface area contributed by atoms with Crippen LogP contribution in [0.15, 0.2) is 39.5 Å². The predicted octanol–water partition coefficient (Wildman–Crippen LogP) is 4.25. The number of carboxylic acid groups (broad SMARTS) is 1. The normalized spacial score (nSPS) is 12.1. The Kier molecular flexibility index (Phi) is 4.61. The minimum absolute atomic E-state index is 0.169. The zero-order valence-electron chi connectivity index (χ0n) is 10.4. The molecule has 1 aromatic heterocycles. The average Bonchev–Trinajstić information content (AvgIpc) is 2.81. The molecule has 3 nitrogen and oxygen atoms in total. The summed E-state index contributed by atoms with van der Waals surface area (Å²) in [6, 6.07) is 7.61. The summed E-state index contributed by atoms with van der Waals surface area (Å²) < 4.78 is 0.590. The summed E-state index contributed by atoms with van der Waals surface area (Å²) in [5.41, 5.74) is 2.18. The fraction of sp³-hybridized carbons (Fsp3) is 0.214. The van der Waals surface area contributed by atoms with E-state index in [9.17, 15) is 9.90 Å². The fourth-order valence-electron chi connectivity index (χ4n) is 1.94. The van der Waals surface area contributed by atoms with Crippen molar-refractivity contribution in [3.05, 3.63) is 50.6 Å². The summed E-state index contributed by atoms with van der Waals surface area (Å²) in [5, 5.41) is 16.7. The quantitative estimate of drug-likeness (QED) is 0.855. The number of hydrogen-bond donors (Lipinski definition) is 2. The molecule has 2 aromatic rings. The first-order valence-corrected chi connectivity index (χ1v) is 7.61. The lowest BCUT2D eigenvalue weighted by Crippen LogP contribution is -2.19. The number of rotatable bonds is 5. The van der Waals surface area contributed by atoms with Crippen LogP contribution in [0.2, 0.25) is 0 Å². The van der Waals surface area contributed by atoms with E-state index in [0.29, 0.717) is 10.2 Å². The van der Waals surface area contributed by atoms with Crippen LogP contribution in [0.25, 0.3) is 0 Å². The minimum atomic E-state index is -0.933. The molecule has 0 aliphatic heterocycles. The van der Waals surface area contributed by atoms with Gasteiger partial charge < -0.3 is 10.4 Å². The van der Waals surface area contributed by atoms with E-state index < -0.39 is 5.97 Å². The molecule has 0 saturated heterocycles. The van der Waals surface area contributed by atoms with Crippen molar-refractivity contribution in [2.75, 3.05) is 5.32 Å². The lowest BCUT2D eigenvalue weighted by atomic mass is 10.1. The average molecular weight is 340 g/mol. The van der Waals surface area contributed by atoms with Crippen LogP contribution in [0.1, 0.15) is 22.8 Å². The second kappa shape index (κ2) is 6.21. The van der Waals surface area contributed by atoms with Crippen LogP contribution >= 0.6 is 27.3 Å². The van der Waals surface area contributed by atoms with Gasteiger partial charge in [-0.25, -0.2) is 4.79 Å². The van der Waals surface area contributed by atoms with E-state index in [1.807, 2.05) is 18.4 Å². The monoisotopic (exact) mass is 339 g/mol. The Hall–Kier alpha value is -1.33. The largest absolute Gasteiger partial charge is 0.478 e. The van der Waals surface area contributed by atoms with E-state index >= 15 is 0 Å². The first-order chi connectivity index (χ1) is 9.08. The number of halogens is 1. The molecule has 0 aliphatic rings. The maximum Gasteiger partial charge on any atom is 0.338 e. The lowest BCUT2D eigenvalue weighted by Gasteiger charge is -2.17. The molecule has 0 fully saturated rings. The Bertz CT molecular complexity index is 569. The van der Waals surface area contributed by atoms with E-state index in [1.165, 1.54) is 5.56 Å². The topological polar surface area (TPSA) is 49.3 Å². The van der Waals surface area contributed by atoms with Crippen LogP contribution in [-0.4, -0.2) is 17.1 Å². The van der Waals surface area contributed by atoms with Gasteiger partial charge in [0, 0.05) is 10.5 Å². The maximum atomic E-state index is 11.3. The zero-order valence-corrected chi connectivity index (χ0v) is 12.8. The third kappa shape index (κ3) is 3.58. The molecule has 1 aromatic carbocycles. The third-order valence-corrected chi connectivity index (χ3v) is 4.14. The van der Waals surface area contributed by atoms with Crippen molar-refractivity contribution in [1.29, 1.82) is 0 Å². The Morgan fingerprint density at radius 3 is 2.89 bits per heavy atom. The summed E-state index contributed by atoms with van der Waals surface area (Å²) in [5.74, 6) is -0.933. The molecule has 0 bridgehead atoms. The van der Waals surface area contributed by atoms with Crippen LogP contribution in [0.4, 0.5) is 5.69 Å².